The summed E-state index contributed by atoms with van der Waals surface area (Å²) >= 11 is 0. The van der Waals surface area contributed by atoms with Gasteiger partial charge in [0, 0.05) is 6.07 Å². The third-order valence-corrected chi connectivity index (χ3v) is 5.02. The SMILES string of the molecule is O=C(NNc1ncnc(Nc2cc(F)ccc2F)c1[N+](=O)[O-])C(c1ccccc1)c1ccccc1. The van der Waals surface area contributed by atoms with Gasteiger partial charge in [0.1, 0.15) is 18.0 Å². The van der Waals surface area contributed by atoms with Crippen LogP contribution in [0.3, 0.4) is 0 Å². The lowest BCUT2D eigenvalue weighted by molar-refractivity contribution is -0.383. The van der Waals surface area contributed by atoms with Gasteiger partial charge in [-0.25, -0.2) is 18.7 Å². The number of hydrogen-bond donors (Lipinski definition) is 3. The molecule has 9 nitrogen and oxygen atoms in total. The monoisotopic (exact) mass is 476 g/mol. The summed E-state index contributed by atoms with van der Waals surface area (Å²) in [7, 11) is 0. The van der Waals surface area contributed by atoms with Crippen molar-refractivity contribution in [2.45, 2.75) is 5.92 Å². The highest BCUT2D eigenvalue weighted by atomic mass is 19.1. The molecule has 0 bridgehead atoms. The van der Waals surface area contributed by atoms with Crippen molar-refractivity contribution in [2.75, 3.05) is 10.7 Å². The summed E-state index contributed by atoms with van der Waals surface area (Å²) in [5.74, 6) is -3.54. The molecule has 4 rings (SSSR count). The van der Waals surface area contributed by atoms with Gasteiger partial charge in [0.05, 0.1) is 16.5 Å². The number of nitrogens with one attached hydrogen (secondary N) is 3. The van der Waals surface area contributed by atoms with E-state index in [4.69, 9.17) is 0 Å². The molecule has 0 atom stereocenters. The van der Waals surface area contributed by atoms with Crippen molar-refractivity contribution in [1.29, 1.82) is 0 Å². The van der Waals surface area contributed by atoms with E-state index in [0.717, 1.165) is 24.5 Å². The minimum Gasteiger partial charge on any atom is -0.332 e. The molecule has 3 aromatic carbocycles. The molecule has 35 heavy (non-hydrogen) atoms. The molecule has 0 saturated heterocycles. The Morgan fingerprint density at radius 1 is 0.886 bits per heavy atom. The van der Waals surface area contributed by atoms with Gasteiger partial charge in [-0.15, -0.1) is 0 Å². The third kappa shape index (κ3) is 5.36. The maximum atomic E-state index is 14.0. The van der Waals surface area contributed by atoms with Crippen LogP contribution in [0.2, 0.25) is 0 Å². The van der Waals surface area contributed by atoms with Crippen molar-refractivity contribution in [3.63, 3.8) is 0 Å². The molecule has 4 aromatic rings. The number of benzene rings is 3. The fourth-order valence-corrected chi connectivity index (χ4v) is 3.43. The molecule has 0 unspecified atom stereocenters. The van der Waals surface area contributed by atoms with Crippen LogP contribution in [0.25, 0.3) is 0 Å². The van der Waals surface area contributed by atoms with E-state index in [1.165, 1.54) is 0 Å². The summed E-state index contributed by atoms with van der Waals surface area (Å²) in [4.78, 5) is 31.7. The number of carbonyl (C=O) groups excluding carboxylic acids is 1. The second kappa shape index (κ2) is 10.3. The maximum absolute atomic E-state index is 14.0. The van der Waals surface area contributed by atoms with Crippen LogP contribution in [-0.4, -0.2) is 20.8 Å². The topological polar surface area (TPSA) is 122 Å². The number of hydrogen-bond acceptors (Lipinski definition) is 7. The average Bonchev–Trinajstić information content (AvgIpc) is 2.86. The zero-order chi connectivity index (χ0) is 24.8. The van der Waals surface area contributed by atoms with Gasteiger partial charge in [0.25, 0.3) is 0 Å². The van der Waals surface area contributed by atoms with Crippen molar-refractivity contribution in [3.8, 4) is 0 Å². The van der Waals surface area contributed by atoms with Gasteiger partial charge in [-0.3, -0.25) is 25.8 Å². The first-order valence-corrected chi connectivity index (χ1v) is 10.3. The summed E-state index contributed by atoms with van der Waals surface area (Å²) in [5, 5.41) is 14.2. The highest BCUT2D eigenvalue weighted by molar-refractivity contribution is 5.88. The Morgan fingerprint density at radius 2 is 1.49 bits per heavy atom. The fourth-order valence-electron chi connectivity index (χ4n) is 3.43. The normalized spacial score (nSPS) is 10.6. The molecular formula is C24H18F2N6O3. The van der Waals surface area contributed by atoms with Gasteiger partial charge in [-0.05, 0) is 23.3 Å². The minimum absolute atomic E-state index is 0.350. The zero-order valence-corrected chi connectivity index (χ0v) is 18.0. The van der Waals surface area contributed by atoms with Crippen molar-refractivity contribution in [2.24, 2.45) is 0 Å². The number of rotatable bonds is 8. The van der Waals surface area contributed by atoms with Crippen LogP contribution in [0.4, 0.5) is 31.8 Å². The zero-order valence-electron chi connectivity index (χ0n) is 18.0. The van der Waals surface area contributed by atoms with Crippen LogP contribution in [0.15, 0.2) is 85.2 Å². The number of nitro groups is 1. The van der Waals surface area contributed by atoms with E-state index in [2.05, 4.69) is 26.1 Å². The molecule has 11 heteroatoms. The van der Waals surface area contributed by atoms with Gasteiger partial charge >= 0.3 is 5.69 Å². The van der Waals surface area contributed by atoms with Gasteiger partial charge in [0.15, 0.2) is 0 Å². The summed E-state index contributed by atoms with van der Waals surface area (Å²) < 4.78 is 27.6. The Hall–Kier alpha value is -4.93. The number of carbonyl (C=O) groups is 1. The molecule has 0 fully saturated rings. The number of amides is 1. The number of nitrogens with zero attached hydrogens (tertiary/aromatic N) is 3. The molecule has 0 aliphatic carbocycles. The molecule has 0 radical (unpaired) electrons. The molecular weight excluding hydrogens is 458 g/mol. The van der Waals surface area contributed by atoms with E-state index in [1.54, 1.807) is 48.5 Å². The summed E-state index contributed by atoms with van der Waals surface area (Å²) in [6, 6.07) is 20.6. The van der Waals surface area contributed by atoms with E-state index in [0.29, 0.717) is 11.1 Å². The number of hydrazine groups is 1. The summed E-state index contributed by atoms with van der Waals surface area (Å²) in [5.41, 5.74) is 5.31. The molecule has 0 saturated carbocycles. The van der Waals surface area contributed by atoms with Crippen molar-refractivity contribution in [1.82, 2.24) is 15.4 Å². The van der Waals surface area contributed by atoms with E-state index in [1.807, 2.05) is 12.1 Å². The standard InChI is InChI=1S/C24H18F2N6O3/c25-17-11-12-18(26)19(13-17)29-22-21(32(34)35)23(28-14-27-22)30-31-24(33)20(15-7-3-1-4-8-15)16-9-5-2-6-10-16/h1-14,20H,(H,31,33)(H2,27,28,29,30). The molecule has 176 valence electrons. The lowest BCUT2D eigenvalue weighted by atomic mass is 9.91. The van der Waals surface area contributed by atoms with E-state index in [9.17, 15) is 23.7 Å². The highest BCUT2D eigenvalue weighted by Gasteiger charge is 2.27. The van der Waals surface area contributed by atoms with Crippen LogP contribution in [0, 0.1) is 21.7 Å². The Bertz CT molecular complexity index is 1320. The Morgan fingerprint density at radius 3 is 2.09 bits per heavy atom. The maximum Gasteiger partial charge on any atom is 0.355 e. The first-order valence-electron chi connectivity index (χ1n) is 10.3. The van der Waals surface area contributed by atoms with Crippen molar-refractivity contribution >= 4 is 28.9 Å². The van der Waals surface area contributed by atoms with Crippen LogP contribution < -0.4 is 16.2 Å². The second-order valence-corrected chi connectivity index (χ2v) is 7.29. The molecule has 1 aromatic heterocycles. The molecule has 0 spiro atoms. The lowest BCUT2D eigenvalue weighted by Crippen LogP contribution is -2.35. The predicted octanol–water partition coefficient (Wildman–Crippen LogP) is 4.68. The first kappa shape index (κ1) is 23.2. The lowest BCUT2D eigenvalue weighted by Gasteiger charge is -2.18. The average molecular weight is 476 g/mol. The summed E-state index contributed by atoms with van der Waals surface area (Å²) in [6.45, 7) is 0. The van der Waals surface area contributed by atoms with E-state index >= 15 is 0 Å². The van der Waals surface area contributed by atoms with Crippen molar-refractivity contribution in [3.05, 3.63) is 118 Å². The first-order chi connectivity index (χ1) is 16.9. The predicted molar refractivity (Wildman–Crippen MR) is 125 cm³/mol. The van der Waals surface area contributed by atoms with Crippen LogP contribution in [-0.2, 0) is 4.79 Å². The van der Waals surface area contributed by atoms with Gasteiger partial charge in [0.2, 0.25) is 17.5 Å². The van der Waals surface area contributed by atoms with Gasteiger partial charge < -0.3 is 5.32 Å². The Balaban J connectivity index is 1.61. The largest absolute Gasteiger partial charge is 0.355 e. The molecule has 1 heterocycles. The van der Waals surface area contributed by atoms with Gasteiger partial charge in [-0.1, -0.05) is 60.7 Å². The van der Waals surface area contributed by atoms with Crippen LogP contribution in [0.1, 0.15) is 17.0 Å². The smallest absolute Gasteiger partial charge is 0.332 e. The molecule has 0 aliphatic heterocycles. The van der Waals surface area contributed by atoms with Gasteiger partial charge in [-0.2, -0.15) is 0 Å². The van der Waals surface area contributed by atoms with Crippen LogP contribution in [0.5, 0.6) is 0 Å². The number of aromatic nitrogens is 2. The quantitative estimate of drug-likeness (QED) is 0.249. The summed E-state index contributed by atoms with van der Waals surface area (Å²) in [6.07, 6.45) is 0.979. The minimum atomic E-state index is -0.837. The highest BCUT2D eigenvalue weighted by Crippen LogP contribution is 2.32. The third-order valence-electron chi connectivity index (χ3n) is 5.02. The molecule has 1 amide bonds. The molecule has 3 N–H and O–H groups in total. The number of anilines is 3. The van der Waals surface area contributed by atoms with E-state index < -0.39 is 39.9 Å². The molecule has 0 aliphatic rings. The Labute approximate surface area is 198 Å². The second-order valence-electron chi connectivity index (χ2n) is 7.29. The van der Waals surface area contributed by atoms with E-state index in [-0.39, 0.29) is 11.5 Å². The van der Waals surface area contributed by atoms with Crippen molar-refractivity contribution < 1.29 is 18.5 Å². The fraction of sp³-hybridized carbons (Fsp3) is 0.0417. The number of halogens is 2. The van der Waals surface area contributed by atoms with Crippen LogP contribution >= 0.6 is 0 Å². The Kier molecular flexibility index (Phi) is 6.86.